The van der Waals surface area contributed by atoms with Crippen molar-refractivity contribution in [2.75, 3.05) is 0 Å². The molecule has 0 unspecified atom stereocenters. The summed E-state index contributed by atoms with van der Waals surface area (Å²) < 4.78 is 1.16. The maximum Gasteiger partial charge on any atom is 0.131 e. The van der Waals surface area contributed by atoms with Gasteiger partial charge in [0.05, 0.1) is 16.4 Å². The number of benzene rings is 1. The van der Waals surface area contributed by atoms with E-state index in [0.717, 1.165) is 28.0 Å². The van der Waals surface area contributed by atoms with Crippen LogP contribution in [0.2, 0.25) is 0 Å². The van der Waals surface area contributed by atoms with Crippen LogP contribution in [0.1, 0.15) is 29.6 Å². The Balaban J connectivity index is 1.63. The van der Waals surface area contributed by atoms with E-state index < -0.39 is 0 Å². The van der Waals surface area contributed by atoms with Crippen LogP contribution in [0.15, 0.2) is 34.6 Å². The van der Waals surface area contributed by atoms with Crippen LogP contribution < -0.4 is 0 Å². The molecule has 0 atom stereocenters. The van der Waals surface area contributed by atoms with Crippen LogP contribution >= 0.6 is 34.9 Å². The highest BCUT2D eigenvalue weighted by Crippen LogP contribution is 2.35. The normalized spacial score (nSPS) is 13.9. The molecule has 0 radical (unpaired) electrons. The summed E-state index contributed by atoms with van der Waals surface area (Å²) in [5.74, 6) is 1.95. The van der Waals surface area contributed by atoms with E-state index in [1.807, 2.05) is 11.8 Å². The van der Waals surface area contributed by atoms with Gasteiger partial charge < -0.3 is 0 Å². The van der Waals surface area contributed by atoms with E-state index in [9.17, 15) is 0 Å². The van der Waals surface area contributed by atoms with Gasteiger partial charge in [-0.1, -0.05) is 48.6 Å². The molecule has 0 saturated heterocycles. The second-order valence-corrected chi connectivity index (χ2v) is 7.70. The highest BCUT2D eigenvalue weighted by Gasteiger charge is 2.13. The molecule has 1 aliphatic rings. The maximum atomic E-state index is 4.72. The summed E-state index contributed by atoms with van der Waals surface area (Å²) in [6.07, 6.45) is 2.26. The molecule has 5 heteroatoms. The molecule has 0 bridgehead atoms. The standard InChI is InChI=1S/C15H16N2S3/c1-2-5-14-16-12(9-18-14)10-20-15-17-13-7-4-3-6-11(13)8-19-15/h3-4,6-7,9H,2,5,8,10H2,1H3. The Bertz CT molecular complexity index is 619. The average Bonchev–Trinajstić information content (AvgIpc) is 2.93. The van der Waals surface area contributed by atoms with Gasteiger partial charge in [0.25, 0.3) is 0 Å². The van der Waals surface area contributed by atoms with E-state index in [-0.39, 0.29) is 0 Å². The van der Waals surface area contributed by atoms with E-state index in [1.54, 1.807) is 23.1 Å². The fraction of sp³-hybridized carbons (Fsp3) is 0.333. The SMILES string of the molecule is CCCc1nc(CSC2=Nc3ccccc3CS2)cs1. The first kappa shape index (κ1) is 14.2. The smallest absolute Gasteiger partial charge is 0.131 e. The molecule has 2 aromatic rings. The van der Waals surface area contributed by atoms with Crippen molar-refractivity contribution in [2.45, 2.75) is 31.3 Å². The topological polar surface area (TPSA) is 25.2 Å². The van der Waals surface area contributed by atoms with Gasteiger partial charge >= 0.3 is 0 Å². The van der Waals surface area contributed by atoms with Crippen LogP contribution in [0, 0.1) is 0 Å². The highest BCUT2D eigenvalue weighted by atomic mass is 32.2. The number of para-hydroxylation sites is 1. The second kappa shape index (κ2) is 6.78. The van der Waals surface area contributed by atoms with Gasteiger partial charge in [-0.2, -0.15) is 0 Å². The Kier molecular flexibility index (Phi) is 4.81. The fourth-order valence-electron chi connectivity index (χ4n) is 1.97. The average molecular weight is 321 g/mol. The van der Waals surface area contributed by atoms with Gasteiger partial charge in [0.15, 0.2) is 0 Å². The minimum Gasteiger partial charge on any atom is -0.245 e. The van der Waals surface area contributed by atoms with Gasteiger partial charge in [0.2, 0.25) is 0 Å². The number of fused-ring (bicyclic) bond motifs is 1. The zero-order valence-electron chi connectivity index (χ0n) is 11.3. The van der Waals surface area contributed by atoms with Gasteiger partial charge in [-0.3, -0.25) is 0 Å². The summed E-state index contributed by atoms with van der Waals surface area (Å²) in [6.45, 7) is 2.20. The number of thioether (sulfide) groups is 2. The number of aryl methyl sites for hydroxylation is 1. The molecule has 0 spiro atoms. The summed E-state index contributed by atoms with van der Waals surface area (Å²) in [6, 6.07) is 8.39. The molecule has 1 aromatic carbocycles. The molecule has 0 saturated carbocycles. The quantitative estimate of drug-likeness (QED) is 0.768. The molecular formula is C15H16N2S3. The molecule has 0 amide bonds. The Morgan fingerprint density at radius 3 is 3.10 bits per heavy atom. The van der Waals surface area contributed by atoms with Crippen molar-refractivity contribution in [2.24, 2.45) is 4.99 Å². The van der Waals surface area contributed by atoms with Crippen molar-refractivity contribution < 1.29 is 0 Å². The van der Waals surface area contributed by atoms with Gasteiger partial charge in [-0.25, -0.2) is 9.98 Å². The van der Waals surface area contributed by atoms with E-state index >= 15 is 0 Å². The Morgan fingerprint density at radius 2 is 2.20 bits per heavy atom. The minimum absolute atomic E-state index is 0.925. The number of aliphatic imine (C=N–C) groups is 1. The Morgan fingerprint density at radius 1 is 1.30 bits per heavy atom. The lowest BCUT2D eigenvalue weighted by atomic mass is 10.2. The van der Waals surface area contributed by atoms with E-state index in [2.05, 4.69) is 41.6 Å². The number of aromatic nitrogens is 1. The van der Waals surface area contributed by atoms with Gasteiger partial charge in [-0.15, -0.1) is 11.3 Å². The van der Waals surface area contributed by atoms with Crippen molar-refractivity contribution >= 4 is 44.9 Å². The van der Waals surface area contributed by atoms with Crippen molar-refractivity contribution in [1.82, 2.24) is 4.98 Å². The molecule has 2 heterocycles. The number of rotatable bonds is 4. The van der Waals surface area contributed by atoms with Crippen molar-refractivity contribution in [3.05, 3.63) is 45.9 Å². The lowest BCUT2D eigenvalue weighted by Gasteiger charge is -2.13. The van der Waals surface area contributed by atoms with Crippen molar-refractivity contribution in [1.29, 1.82) is 0 Å². The van der Waals surface area contributed by atoms with Crippen molar-refractivity contribution in [3.8, 4) is 0 Å². The zero-order chi connectivity index (χ0) is 13.8. The molecular weight excluding hydrogens is 304 g/mol. The highest BCUT2D eigenvalue weighted by molar-refractivity contribution is 8.38. The molecule has 20 heavy (non-hydrogen) atoms. The molecule has 1 aliphatic heterocycles. The predicted molar refractivity (Wildman–Crippen MR) is 92.2 cm³/mol. The summed E-state index contributed by atoms with van der Waals surface area (Å²) in [5, 5.41) is 3.44. The summed E-state index contributed by atoms with van der Waals surface area (Å²) >= 11 is 5.41. The number of nitrogens with zero attached hydrogens (tertiary/aromatic N) is 2. The first-order valence-electron chi connectivity index (χ1n) is 6.70. The number of thiazole rings is 1. The first-order chi connectivity index (χ1) is 9.85. The molecule has 104 valence electrons. The van der Waals surface area contributed by atoms with Crippen LogP contribution in [0.4, 0.5) is 5.69 Å². The van der Waals surface area contributed by atoms with Crippen LogP contribution in [0.3, 0.4) is 0 Å². The zero-order valence-corrected chi connectivity index (χ0v) is 13.8. The summed E-state index contributed by atoms with van der Waals surface area (Å²) in [7, 11) is 0. The summed E-state index contributed by atoms with van der Waals surface area (Å²) in [5.41, 5.74) is 3.64. The third-order valence-corrected chi connectivity index (χ3v) is 6.20. The van der Waals surface area contributed by atoms with Crippen LogP contribution in [0.25, 0.3) is 0 Å². The third-order valence-electron chi connectivity index (χ3n) is 2.96. The molecule has 0 aliphatic carbocycles. The van der Waals surface area contributed by atoms with Crippen molar-refractivity contribution in [3.63, 3.8) is 0 Å². The van der Waals surface area contributed by atoms with Crippen LogP contribution in [-0.2, 0) is 17.9 Å². The van der Waals surface area contributed by atoms with Gasteiger partial charge in [0, 0.05) is 16.9 Å². The van der Waals surface area contributed by atoms with Crippen LogP contribution in [0.5, 0.6) is 0 Å². The molecule has 2 nitrogen and oxygen atoms in total. The Hall–Kier alpha value is -0.780. The van der Waals surface area contributed by atoms with E-state index in [1.165, 1.54) is 22.7 Å². The number of hydrogen-bond donors (Lipinski definition) is 0. The molecule has 1 aromatic heterocycles. The van der Waals surface area contributed by atoms with Crippen LogP contribution in [-0.4, -0.2) is 9.36 Å². The Labute approximate surface area is 132 Å². The second-order valence-electron chi connectivity index (χ2n) is 4.57. The molecule has 0 fully saturated rings. The lowest BCUT2D eigenvalue weighted by molar-refractivity contribution is 0.902. The predicted octanol–water partition coefficient (Wildman–Crippen LogP) is 5.26. The summed E-state index contributed by atoms with van der Waals surface area (Å²) in [4.78, 5) is 9.38. The van der Waals surface area contributed by atoms with Gasteiger partial charge in [0.1, 0.15) is 4.38 Å². The maximum absolute atomic E-state index is 4.72. The molecule has 0 N–H and O–H groups in total. The number of hydrogen-bond acceptors (Lipinski definition) is 5. The third kappa shape index (κ3) is 3.45. The van der Waals surface area contributed by atoms with E-state index in [0.29, 0.717) is 0 Å². The van der Waals surface area contributed by atoms with Gasteiger partial charge in [-0.05, 0) is 24.5 Å². The monoisotopic (exact) mass is 320 g/mol. The molecule has 3 rings (SSSR count). The van der Waals surface area contributed by atoms with E-state index in [4.69, 9.17) is 4.99 Å². The lowest BCUT2D eigenvalue weighted by Crippen LogP contribution is -1.96. The largest absolute Gasteiger partial charge is 0.245 e. The fourth-order valence-corrected chi connectivity index (χ4v) is 4.93. The minimum atomic E-state index is 0.925. The first-order valence-corrected chi connectivity index (χ1v) is 9.55.